The van der Waals surface area contributed by atoms with E-state index in [1.807, 2.05) is 6.26 Å². The van der Waals surface area contributed by atoms with Gasteiger partial charge in [0.25, 0.3) is 5.91 Å². The highest BCUT2D eigenvalue weighted by atomic mass is 32.2. The molecule has 0 aliphatic carbocycles. The van der Waals surface area contributed by atoms with Gasteiger partial charge in [0.1, 0.15) is 11.5 Å². The summed E-state index contributed by atoms with van der Waals surface area (Å²) in [4.78, 5) is 22.6. The van der Waals surface area contributed by atoms with E-state index < -0.39 is 17.9 Å². The Kier molecular flexibility index (Phi) is 7.45. The van der Waals surface area contributed by atoms with Crippen LogP contribution in [0.25, 0.3) is 0 Å². The molecule has 0 spiro atoms. The molecule has 7 heteroatoms. The number of methoxy groups -OCH3 is 1. The molecule has 0 fully saturated rings. The maximum Gasteiger partial charge on any atom is 0.258 e. The zero-order chi connectivity index (χ0) is 15.7. The van der Waals surface area contributed by atoms with Crippen LogP contribution in [0, 0.1) is 0 Å². The molecule has 0 heterocycles. The minimum Gasteiger partial charge on any atom is -0.548 e. The summed E-state index contributed by atoms with van der Waals surface area (Å²) in [5, 5.41) is 13.3. The molecule has 1 aromatic rings. The fraction of sp³-hybridized carbons (Fsp3) is 0.429. The van der Waals surface area contributed by atoms with Gasteiger partial charge < -0.3 is 24.7 Å². The van der Waals surface area contributed by atoms with Gasteiger partial charge >= 0.3 is 0 Å². The Morgan fingerprint density at radius 1 is 1.38 bits per heavy atom. The number of carboxylic acid groups (broad SMARTS) is 1. The molecule has 0 aliphatic rings. The third-order valence-electron chi connectivity index (χ3n) is 2.64. The minimum absolute atomic E-state index is 0.268. The van der Waals surface area contributed by atoms with Crippen molar-refractivity contribution >= 4 is 23.6 Å². The van der Waals surface area contributed by atoms with Gasteiger partial charge in [0.2, 0.25) is 0 Å². The average Bonchev–Trinajstić information content (AvgIpc) is 2.49. The minimum atomic E-state index is -1.29. The molecule has 1 aromatic carbocycles. The number of hydrogen-bond acceptors (Lipinski definition) is 6. The smallest absolute Gasteiger partial charge is 0.258 e. The normalized spacial score (nSPS) is 11.5. The van der Waals surface area contributed by atoms with E-state index in [-0.39, 0.29) is 6.61 Å². The van der Waals surface area contributed by atoms with Gasteiger partial charge in [-0.1, -0.05) is 6.07 Å². The number of thioether (sulfide) groups is 1. The number of amides is 1. The molecule has 1 amide bonds. The van der Waals surface area contributed by atoms with Crippen molar-refractivity contribution in [3.05, 3.63) is 24.3 Å². The lowest BCUT2D eigenvalue weighted by molar-refractivity contribution is -0.308. The summed E-state index contributed by atoms with van der Waals surface area (Å²) in [7, 11) is 1.53. The molecular weight excluding hydrogens is 294 g/mol. The van der Waals surface area contributed by atoms with Gasteiger partial charge in [0.05, 0.1) is 19.1 Å². The monoisotopic (exact) mass is 312 g/mol. The highest BCUT2D eigenvalue weighted by Gasteiger charge is 2.13. The van der Waals surface area contributed by atoms with Crippen molar-refractivity contribution in [2.45, 2.75) is 12.5 Å². The molecule has 0 bridgehead atoms. The quantitative estimate of drug-likeness (QED) is 0.694. The summed E-state index contributed by atoms with van der Waals surface area (Å²) in [5.74, 6) is -0.0960. The number of carbonyl (C=O) groups is 2. The van der Waals surface area contributed by atoms with E-state index >= 15 is 0 Å². The van der Waals surface area contributed by atoms with Crippen molar-refractivity contribution in [3.63, 3.8) is 0 Å². The van der Waals surface area contributed by atoms with Crippen molar-refractivity contribution in [2.75, 3.05) is 25.7 Å². The van der Waals surface area contributed by atoms with E-state index in [2.05, 4.69) is 5.32 Å². The molecule has 0 saturated carbocycles. The number of hydrogen-bond donors (Lipinski definition) is 1. The van der Waals surface area contributed by atoms with E-state index in [4.69, 9.17) is 9.47 Å². The summed E-state index contributed by atoms with van der Waals surface area (Å²) in [6.45, 7) is -0.268. The Bertz CT molecular complexity index is 480. The molecular formula is C14H18NO5S-. The predicted octanol–water partition coefficient (Wildman–Crippen LogP) is 0.0618. The number of carbonyl (C=O) groups excluding carboxylic acids is 2. The molecule has 1 rings (SSSR count). The number of aliphatic carboxylic acids is 1. The summed E-state index contributed by atoms with van der Waals surface area (Å²) >= 11 is 1.50. The molecule has 0 saturated heterocycles. The molecule has 0 aliphatic heterocycles. The average molecular weight is 312 g/mol. The van der Waals surface area contributed by atoms with Gasteiger partial charge in [0.15, 0.2) is 6.61 Å². The molecule has 0 radical (unpaired) electrons. The van der Waals surface area contributed by atoms with Crippen molar-refractivity contribution in [1.82, 2.24) is 5.32 Å². The number of nitrogens with one attached hydrogen (secondary N) is 1. The van der Waals surface area contributed by atoms with Crippen LogP contribution in [0.3, 0.4) is 0 Å². The van der Waals surface area contributed by atoms with Crippen molar-refractivity contribution < 1.29 is 24.2 Å². The van der Waals surface area contributed by atoms with E-state index in [1.54, 1.807) is 24.3 Å². The molecule has 0 aromatic heterocycles. The molecule has 116 valence electrons. The second-order valence-corrected chi connectivity index (χ2v) is 5.17. The van der Waals surface area contributed by atoms with Crippen LogP contribution in [-0.2, 0) is 9.59 Å². The molecule has 1 N–H and O–H groups in total. The van der Waals surface area contributed by atoms with E-state index in [0.29, 0.717) is 23.7 Å². The van der Waals surface area contributed by atoms with Gasteiger partial charge in [-0.2, -0.15) is 11.8 Å². The first-order valence-corrected chi connectivity index (χ1v) is 7.72. The van der Waals surface area contributed by atoms with Gasteiger partial charge in [-0.25, -0.2) is 0 Å². The summed E-state index contributed by atoms with van der Waals surface area (Å²) in [6, 6.07) is 5.80. The lowest BCUT2D eigenvalue weighted by Crippen LogP contribution is -2.49. The van der Waals surface area contributed by atoms with Crippen molar-refractivity contribution in [2.24, 2.45) is 0 Å². The van der Waals surface area contributed by atoms with Crippen molar-refractivity contribution in [3.8, 4) is 11.5 Å². The standard InChI is InChI=1S/C14H19NO5S/c1-19-10-4-3-5-11(8-10)20-9-13(16)15-12(14(17)18)6-7-21-2/h3-5,8,12H,6-7,9H2,1-2H3,(H,15,16)(H,17,18)/p-1/t12-/m0/s1. The third-order valence-corrected chi connectivity index (χ3v) is 3.29. The number of rotatable bonds is 9. The number of carboxylic acids is 1. The zero-order valence-corrected chi connectivity index (χ0v) is 12.8. The Labute approximate surface area is 127 Å². The van der Waals surface area contributed by atoms with Crippen molar-refractivity contribution in [1.29, 1.82) is 0 Å². The first-order chi connectivity index (χ1) is 10.1. The fourth-order valence-corrected chi connectivity index (χ4v) is 2.03. The van der Waals surface area contributed by atoms with Crippen LogP contribution >= 0.6 is 11.8 Å². The first kappa shape index (κ1) is 17.2. The Morgan fingerprint density at radius 3 is 2.71 bits per heavy atom. The topological polar surface area (TPSA) is 87.7 Å². The van der Waals surface area contributed by atoms with Crippen LogP contribution in [0.4, 0.5) is 0 Å². The highest BCUT2D eigenvalue weighted by molar-refractivity contribution is 7.98. The van der Waals surface area contributed by atoms with Crippen LogP contribution in [0.15, 0.2) is 24.3 Å². The fourth-order valence-electron chi connectivity index (χ4n) is 1.56. The highest BCUT2D eigenvalue weighted by Crippen LogP contribution is 2.18. The molecule has 0 unspecified atom stereocenters. The molecule has 1 atom stereocenters. The zero-order valence-electron chi connectivity index (χ0n) is 12.0. The van der Waals surface area contributed by atoms with Crippen LogP contribution in [-0.4, -0.2) is 43.6 Å². The largest absolute Gasteiger partial charge is 0.548 e. The van der Waals surface area contributed by atoms with Gasteiger partial charge in [-0.15, -0.1) is 0 Å². The molecule has 6 nitrogen and oxygen atoms in total. The summed E-state index contributed by atoms with van der Waals surface area (Å²) in [5.41, 5.74) is 0. The van der Waals surface area contributed by atoms with Gasteiger partial charge in [-0.05, 0) is 30.6 Å². The summed E-state index contributed by atoms with van der Waals surface area (Å²) < 4.78 is 10.3. The number of ether oxygens (including phenoxy) is 2. The predicted molar refractivity (Wildman–Crippen MR) is 78.4 cm³/mol. The lowest BCUT2D eigenvalue weighted by atomic mass is 10.2. The second-order valence-electron chi connectivity index (χ2n) is 4.19. The maximum absolute atomic E-state index is 11.7. The number of benzene rings is 1. The van der Waals surface area contributed by atoms with Gasteiger partial charge in [-0.3, -0.25) is 4.79 Å². The van der Waals surface area contributed by atoms with Crippen LogP contribution in [0.2, 0.25) is 0 Å². The first-order valence-electron chi connectivity index (χ1n) is 6.32. The SMILES string of the molecule is COc1cccc(OCC(=O)N[C@@H](CCSC)C(=O)[O-])c1. The Hall–Kier alpha value is -1.89. The third kappa shape index (κ3) is 6.40. The van der Waals surface area contributed by atoms with E-state index in [1.165, 1.54) is 18.9 Å². The van der Waals surface area contributed by atoms with E-state index in [9.17, 15) is 14.7 Å². The maximum atomic E-state index is 11.7. The molecule has 21 heavy (non-hydrogen) atoms. The Morgan fingerprint density at radius 2 is 2.10 bits per heavy atom. The van der Waals surface area contributed by atoms with Crippen LogP contribution in [0.1, 0.15) is 6.42 Å². The van der Waals surface area contributed by atoms with Gasteiger partial charge in [0, 0.05) is 6.07 Å². The Balaban J connectivity index is 2.46. The summed E-state index contributed by atoms with van der Waals surface area (Å²) in [6.07, 6.45) is 2.18. The second kappa shape index (κ2) is 9.12. The van der Waals surface area contributed by atoms with Crippen LogP contribution < -0.4 is 19.9 Å². The lowest BCUT2D eigenvalue weighted by Gasteiger charge is -2.19. The van der Waals surface area contributed by atoms with Crippen LogP contribution in [0.5, 0.6) is 11.5 Å². The van der Waals surface area contributed by atoms with E-state index in [0.717, 1.165) is 0 Å².